The second-order valence-electron chi connectivity index (χ2n) is 5.85. The minimum atomic E-state index is -1.33. The van der Waals surface area contributed by atoms with Gasteiger partial charge in [0.05, 0.1) is 12.3 Å². The van der Waals surface area contributed by atoms with E-state index >= 15 is 0 Å². The topological polar surface area (TPSA) is 79.1 Å². The summed E-state index contributed by atoms with van der Waals surface area (Å²) in [7, 11) is 1.61. The fourth-order valence-electron chi connectivity index (χ4n) is 2.90. The van der Waals surface area contributed by atoms with Crippen LogP contribution in [-0.2, 0) is 16.1 Å². The number of aliphatic hydroxyl groups is 1. The van der Waals surface area contributed by atoms with E-state index in [-0.39, 0.29) is 12.5 Å². The van der Waals surface area contributed by atoms with Gasteiger partial charge in [0.1, 0.15) is 0 Å². The van der Waals surface area contributed by atoms with Gasteiger partial charge in [0.2, 0.25) is 0 Å². The third kappa shape index (κ3) is 3.55. The molecule has 3 heterocycles. The van der Waals surface area contributed by atoms with E-state index in [1.54, 1.807) is 23.3 Å². The largest absolute Gasteiger partial charge is 0.383 e. The van der Waals surface area contributed by atoms with Crippen LogP contribution in [0.5, 0.6) is 0 Å². The molecule has 0 bridgehead atoms. The van der Waals surface area contributed by atoms with Gasteiger partial charge < -0.3 is 20.1 Å². The van der Waals surface area contributed by atoms with E-state index in [4.69, 9.17) is 4.74 Å². The van der Waals surface area contributed by atoms with Crippen molar-refractivity contribution in [3.05, 3.63) is 23.5 Å². The van der Waals surface area contributed by atoms with E-state index in [9.17, 15) is 9.90 Å². The lowest BCUT2D eigenvalue weighted by Gasteiger charge is -2.38. The number of aromatic nitrogens is 2. The van der Waals surface area contributed by atoms with Gasteiger partial charge in [-0.2, -0.15) is 0 Å². The third-order valence-electron chi connectivity index (χ3n) is 4.14. The lowest BCUT2D eigenvalue weighted by molar-refractivity contribution is -0.157. The molecule has 1 fully saturated rings. The first-order valence-corrected chi connectivity index (χ1v) is 8.63. The molecular formula is C15H22N4O3S. The highest BCUT2D eigenvalue weighted by molar-refractivity contribution is 7.15. The summed E-state index contributed by atoms with van der Waals surface area (Å²) in [6.45, 7) is 2.46. The van der Waals surface area contributed by atoms with Crippen molar-refractivity contribution in [1.82, 2.24) is 19.6 Å². The Balaban J connectivity index is 1.55. The van der Waals surface area contributed by atoms with E-state index in [0.717, 1.165) is 17.1 Å². The van der Waals surface area contributed by atoms with Gasteiger partial charge in [-0.1, -0.05) is 0 Å². The molecule has 0 saturated carbocycles. The van der Waals surface area contributed by atoms with Crippen LogP contribution in [0.2, 0.25) is 0 Å². The Hall–Kier alpha value is -1.48. The number of imidazole rings is 1. The second-order valence-corrected chi connectivity index (χ2v) is 6.72. The number of carbonyl (C=O) groups is 1. The average Bonchev–Trinajstić information content (AvgIpc) is 3.10. The molecule has 0 spiro atoms. The van der Waals surface area contributed by atoms with Gasteiger partial charge in [0, 0.05) is 51.1 Å². The molecule has 2 aromatic heterocycles. The molecule has 1 saturated heterocycles. The summed E-state index contributed by atoms with van der Waals surface area (Å²) in [4.78, 5) is 19.6. The number of thiazole rings is 1. The van der Waals surface area contributed by atoms with Crippen LogP contribution in [0.15, 0.2) is 17.8 Å². The number of likely N-dealkylation sites (tertiary alicyclic amines) is 1. The molecule has 1 amide bonds. The Bertz CT molecular complexity index is 642. The monoisotopic (exact) mass is 338 g/mol. The van der Waals surface area contributed by atoms with Crippen molar-refractivity contribution < 1.29 is 14.6 Å². The maximum Gasteiger partial charge on any atom is 0.255 e. The predicted molar refractivity (Wildman–Crippen MR) is 87.4 cm³/mol. The number of carbonyl (C=O) groups excluding carboxylic acids is 1. The molecule has 3 rings (SSSR count). The smallest absolute Gasteiger partial charge is 0.255 e. The molecule has 1 aliphatic heterocycles. The zero-order valence-electron chi connectivity index (χ0n) is 13.2. The van der Waals surface area contributed by atoms with Gasteiger partial charge in [0.25, 0.3) is 5.91 Å². The Kier molecular flexibility index (Phi) is 4.96. The number of nitrogens with one attached hydrogen (secondary N) is 1. The van der Waals surface area contributed by atoms with E-state index in [0.29, 0.717) is 32.7 Å². The first-order chi connectivity index (χ1) is 11.1. The molecule has 23 heavy (non-hydrogen) atoms. The first-order valence-electron chi connectivity index (χ1n) is 7.75. The summed E-state index contributed by atoms with van der Waals surface area (Å²) >= 11 is 1.58. The molecule has 2 aromatic rings. The molecule has 7 nitrogen and oxygen atoms in total. The second kappa shape index (κ2) is 6.96. The van der Waals surface area contributed by atoms with E-state index < -0.39 is 5.60 Å². The van der Waals surface area contributed by atoms with Crippen molar-refractivity contribution in [3.8, 4) is 0 Å². The van der Waals surface area contributed by atoms with Crippen molar-refractivity contribution in [2.75, 3.05) is 33.4 Å². The summed E-state index contributed by atoms with van der Waals surface area (Å²) in [5.41, 5.74) is -0.428. The quantitative estimate of drug-likeness (QED) is 0.768. The van der Waals surface area contributed by atoms with Gasteiger partial charge >= 0.3 is 0 Å². The third-order valence-corrected chi connectivity index (χ3v) is 4.91. The van der Waals surface area contributed by atoms with Crippen molar-refractivity contribution in [2.45, 2.75) is 25.0 Å². The Morgan fingerprint density at radius 1 is 1.57 bits per heavy atom. The minimum Gasteiger partial charge on any atom is -0.383 e. The van der Waals surface area contributed by atoms with Crippen LogP contribution in [0.25, 0.3) is 4.96 Å². The van der Waals surface area contributed by atoms with Crippen molar-refractivity contribution in [2.24, 2.45) is 0 Å². The summed E-state index contributed by atoms with van der Waals surface area (Å²) < 4.78 is 6.99. The molecule has 0 aliphatic carbocycles. The summed E-state index contributed by atoms with van der Waals surface area (Å²) in [6.07, 6.45) is 5.20. The number of nitrogens with zero attached hydrogens (tertiary/aromatic N) is 3. The molecular weight excluding hydrogens is 316 g/mol. The van der Waals surface area contributed by atoms with Crippen LogP contribution in [0.1, 0.15) is 18.5 Å². The first kappa shape index (κ1) is 16.4. The number of piperidine rings is 1. The highest BCUT2D eigenvalue weighted by Crippen LogP contribution is 2.22. The average molecular weight is 338 g/mol. The number of hydrogen-bond acceptors (Lipinski definition) is 6. The normalized spacial score (nSPS) is 22.2. The van der Waals surface area contributed by atoms with Crippen molar-refractivity contribution >= 4 is 22.2 Å². The lowest BCUT2D eigenvalue weighted by Crippen LogP contribution is -2.58. The number of rotatable bonds is 7. The maximum atomic E-state index is 12.5. The van der Waals surface area contributed by atoms with Crippen molar-refractivity contribution in [3.63, 3.8) is 0 Å². The maximum absolute atomic E-state index is 12.5. The van der Waals surface area contributed by atoms with E-state index in [2.05, 4.69) is 10.3 Å². The number of methoxy groups -OCH3 is 1. The van der Waals surface area contributed by atoms with Gasteiger partial charge in [-0.15, -0.1) is 11.3 Å². The lowest BCUT2D eigenvalue weighted by atomic mass is 9.91. The Morgan fingerprint density at radius 3 is 3.22 bits per heavy atom. The van der Waals surface area contributed by atoms with Crippen LogP contribution in [0.3, 0.4) is 0 Å². The standard InChI is InChI=1S/C15H22N4O3S/c1-22-7-5-18-4-2-3-15(21,13(18)20)11-16-9-12-10-19-6-8-23-14(19)17-12/h6,8,10,16,21H,2-5,7,9,11H2,1H3. The van der Waals surface area contributed by atoms with Gasteiger partial charge in [0.15, 0.2) is 10.6 Å². The summed E-state index contributed by atoms with van der Waals surface area (Å²) in [6, 6.07) is 0. The van der Waals surface area contributed by atoms with Gasteiger partial charge in [-0.25, -0.2) is 4.98 Å². The number of ether oxygens (including phenoxy) is 1. The fraction of sp³-hybridized carbons (Fsp3) is 0.600. The van der Waals surface area contributed by atoms with Crippen LogP contribution in [0.4, 0.5) is 0 Å². The van der Waals surface area contributed by atoms with Gasteiger partial charge in [-0.3, -0.25) is 9.20 Å². The fourth-order valence-corrected chi connectivity index (χ4v) is 3.62. The molecule has 2 N–H and O–H groups in total. The summed E-state index contributed by atoms with van der Waals surface area (Å²) in [5.74, 6) is -0.209. The Morgan fingerprint density at radius 2 is 2.43 bits per heavy atom. The Labute approximate surface area is 138 Å². The number of fused-ring (bicyclic) bond motifs is 1. The predicted octanol–water partition coefficient (Wildman–Crippen LogP) is 0.485. The SMILES string of the molecule is COCCN1CCCC(O)(CNCc2cn3ccsc3n2)C1=O. The molecule has 126 valence electrons. The molecule has 0 aromatic carbocycles. The molecule has 0 radical (unpaired) electrons. The molecule has 1 atom stereocenters. The van der Waals surface area contributed by atoms with E-state index in [1.165, 1.54) is 0 Å². The summed E-state index contributed by atoms with van der Waals surface area (Å²) in [5, 5.41) is 15.8. The van der Waals surface area contributed by atoms with Crippen LogP contribution in [-0.4, -0.2) is 64.3 Å². The highest BCUT2D eigenvalue weighted by Gasteiger charge is 2.41. The number of hydrogen-bond donors (Lipinski definition) is 2. The molecule has 1 unspecified atom stereocenters. The zero-order chi connectivity index (χ0) is 16.3. The van der Waals surface area contributed by atoms with Crippen LogP contribution >= 0.6 is 11.3 Å². The van der Waals surface area contributed by atoms with Gasteiger partial charge in [-0.05, 0) is 12.8 Å². The van der Waals surface area contributed by atoms with E-state index in [1.807, 2.05) is 22.2 Å². The van der Waals surface area contributed by atoms with Crippen molar-refractivity contribution in [1.29, 1.82) is 0 Å². The van der Waals surface area contributed by atoms with Crippen LogP contribution < -0.4 is 5.32 Å². The van der Waals surface area contributed by atoms with Crippen LogP contribution in [0, 0.1) is 0 Å². The highest BCUT2D eigenvalue weighted by atomic mass is 32.1. The number of amides is 1. The molecule has 8 heteroatoms. The zero-order valence-corrected chi connectivity index (χ0v) is 14.0. The molecule has 1 aliphatic rings. The minimum absolute atomic E-state index is 0.209.